The first kappa shape index (κ1) is 18.4. The fourth-order valence-electron chi connectivity index (χ4n) is 1.99. The molecule has 0 aromatic heterocycles. The molecule has 9 nitrogen and oxygen atoms in total. The van der Waals surface area contributed by atoms with E-state index in [-0.39, 0.29) is 19.4 Å². The van der Waals surface area contributed by atoms with Crippen LogP contribution >= 0.6 is 0 Å². The summed E-state index contributed by atoms with van der Waals surface area (Å²) < 4.78 is 5.04. The Hall–Kier alpha value is -2.94. The van der Waals surface area contributed by atoms with E-state index in [1.807, 2.05) is 0 Å². The Morgan fingerprint density at radius 3 is 2.28 bits per heavy atom. The van der Waals surface area contributed by atoms with Gasteiger partial charge in [-0.15, -0.1) is 5.06 Å². The third-order valence-corrected chi connectivity index (χ3v) is 3.43. The highest BCUT2D eigenvalue weighted by Gasteiger charge is 2.33. The van der Waals surface area contributed by atoms with Crippen molar-refractivity contribution in [2.24, 2.45) is 0 Å². The van der Waals surface area contributed by atoms with Gasteiger partial charge in [0.05, 0.1) is 7.11 Å². The number of benzene rings is 1. The number of ether oxygens (including phenoxy) is 1. The van der Waals surface area contributed by atoms with Crippen molar-refractivity contribution in [2.75, 3.05) is 14.2 Å². The van der Waals surface area contributed by atoms with Crippen molar-refractivity contribution in [3.63, 3.8) is 0 Å². The molecule has 2 rings (SSSR count). The van der Waals surface area contributed by atoms with Crippen LogP contribution in [-0.4, -0.2) is 48.0 Å². The Morgan fingerprint density at radius 2 is 1.72 bits per heavy atom. The summed E-state index contributed by atoms with van der Waals surface area (Å²) in [5.41, 5.74) is 0.802. The van der Waals surface area contributed by atoms with E-state index < -0.39 is 30.1 Å². The number of rotatable bonds is 7. The van der Waals surface area contributed by atoms with E-state index in [0.717, 1.165) is 10.6 Å². The van der Waals surface area contributed by atoms with Crippen LogP contribution in [0.1, 0.15) is 24.8 Å². The van der Waals surface area contributed by atoms with Gasteiger partial charge >= 0.3 is 5.97 Å². The largest absolute Gasteiger partial charge is 0.497 e. The molecule has 0 aliphatic carbocycles. The summed E-state index contributed by atoms with van der Waals surface area (Å²) in [5.74, 6) is -2.18. The predicted molar refractivity (Wildman–Crippen MR) is 82.3 cm³/mol. The number of imide groups is 1. The first-order chi connectivity index (χ1) is 11.9. The number of hydroxylamine groups is 4. The summed E-state index contributed by atoms with van der Waals surface area (Å²) in [4.78, 5) is 56.1. The molecule has 1 aromatic carbocycles. The van der Waals surface area contributed by atoms with E-state index in [4.69, 9.17) is 9.57 Å². The minimum Gasteiger partial charge on any atom is -0.497 e. The van der Waals surface area contributed by atoms with Crippen molar-refractivity contribution in [3.8, 4) is 5.75 Å². The molecule has 1 aliphatic rings. The average Bonchev–Trinajstić information content (AvgIpc) is 2.91. The van der Waals surface area contributed by atoms with Gasteiger partial charge in [-0.25, -0.2) is 9.86 Å². The second-order valence-electron chi connectivity index (χ2n) is 5.23. The first-order valence-electron chi connectivity index (χ1n) is 7.49. The summed E-state index contributed by atoms with van der Waals surface area (Å²) in [6, 6.07) is 7.05. The third kappa shape index (κ3) is 5.01. The van der Waals surface area contributed by atoms with Crippen LogP contribution in [0.15, 0.2) is 24.3 Å². The number of carbonyl (C=O) groups is 4. The number of nitrogens with zero attached hydrogens (tertiary/aromatic N) is 2. The molecule has 0 unspecified atom stereocenters. The number of carbonyl (C=O) groups excluding carboxylic acids is 4. The van der Waals surface area contributed by atoms with Crippen molar-refractivity contribution in [1.29, 1.82) is 0 Å². The molecule has 1 saturated heterocycles. The monoisotopic (exact) mass is 350 g/mol. The lowest BCUT2D eigenvalue weighted by molar-refractivity contribution is -0.202. The van der Waals surface area contributed by atoms with E-state index >= 15 is 0 Å². The normalized spacial score (nSPS) is 13.8. The van der Waals surface area contributed by atoms with Gasteiger partial charge in [-0.2, -0.15) is 0 Å². The van der Waals surface area contributed by atoms with Crippen molar-refractivity contribution in [2.45, 2.75) is 25.9 Å². The summed E-state index contributed by atoms with van der Waals surface area (Å²) in [6.07, 6.45) is -0.675. The van der Waals surface area contributed by atoms with Crippen LogP contribution in [-0.2, 0) is 35.5 Å². The number of hydrogen-bond acceptors (Lipinski definition) is 7. The molecule has 0 radical (unpaired) electrons. The van der Waals surface area contributed by atoms with Crippen LogP contribution in [0, 0.1) is 0 Å². The predicted octanol–water partition coefficient (Wildman–Crippen LogP) is 0.582. The highest BCUT2D eigenvalue weighted by molar-refractivity contribution is 6.02. The lowest BCUT2D eigenvalue weighted by Gasteiger charge is -2.17. The maximum atomic E-state index is 11.9. The van der Waals surface area contributed by atoms with E-state index in [1.165, 1.54) is 7.05 Å². The fraction of sp³-hybridized carbons (Fsp3) is 0.375. The second kappa shape index (κ2) is 8.25. The van der Waals surface area contributed by atoms with Gasteiger partial charge in [0.15, 0.2) is 0 Å². The van der Waals surface area contributed by atoms with Crippen LogP contribution in [0.4, 0.5) is 0 Å². The van der Waals surface area contributed by atoms with Crippen LogP contribution in [0.2, 0.25) is 0 Å². The maximum Gasteiger partial charge on any atom is 0.342 e. The lowest BCUT2D eigenvalue weighted by atomic mass is 10.2. The van der Waals surface area contributed by atoms with Gasteiger partial charge in [0, 0.05) is 19.9 Å². The van der Waals surface area contributed by atoms with Crippen LogP contribution in [0.5, 0.6) is 5.75 Å². The summed E-state index contributed by atoms with van der Waals surface area (Å²) in [7, 11) is 2.91. The molecular formula is C16H18N2O7. The molecule has 1 heterocycles. The standard InChI is InChI=1S/C16H18N2O7/c1-17(24-10-11-3-5-12(23-2)6-4-11)15(21)9-16(22)25-18-13(19)7-8-14(18)20/h3-6H,7-10H2,1-2H3. The van der Waals surface area contributed by atoms with Gasteiger partial charge < -0.3 is 9.57 Å². The molecule has 1 fully saturated rings. The van der Waals surface area contributed by atoms with Gasteiger partial charge in [0.2, 0.25) is 0 Å². The first-order valence-corrected chi connectivity index (χ1v) is 7.49. The minimum atomic E-state index is -1.01. The Labute approximate surface area is 143 Å². The van der Waals surface area contributed by atoms with E-state index in [0.29, 0.717) is 10.8 Å². The van der Waals surface area contributed by atoms with Crippen molar-refractivity contribution >= 4 is 23.7 Å². The fourth-order valence-corrected chi connectivity index (χ4v) is 1.99. The SMILES string of the molecule is COc1ccc(CON(C)C(=O)CC(=O)ON2C(=O)CCC2=O)cc1. The summed E-state index contributed by atoms with van der Waals surface area (Å²) in [5, 5.41) is 1.30. The second-order valence-corrected chi connectivity index (χ2v) is 5.23. The Morgan fingerprint density at radius 1 is 1.12 bits per heavy atom. The molecule has 1 aromatic rings. The molecule has 0 atom stereocenters. The molecule has 0 saturated carbocycles. The molecule has 0 N–H and O–H groups in total. The van der Waals surface area contributed by atoms with Crippen molar-refractivity contribution in [3.05, 3.63) is 29.8 Å². The zero-order chi connectivity index (χ0) is 18.4. The molecular weight excluding hydrogens is 332 g/mol. The quantitative estimate of drug-likeness (QED) is 0.403. The molecule has 0 spiro atoms. The molecule has 25 heavy (non-hydrogen) atoms. The van der Waals surface area contributed by atoms with Crippen molar-refractivity contribution in [1.82, 2.24) is 10.1 Å². The molecule has 134 valence electrons. The Balaban J connectivity index is 1.78. The Bertz CT molecular complexity index is 656. The smallest absolute Gasteiger partial charge is 0.342 e. The number of methoxy groups -OCH3 is 1. The molecule has 1 aliphatic heterocycles. The third-order valence-electron chi connectivity index (χ3n) is 3.43. The zero-order valence-electron chi connectivity index (χ0n) is 13.9. The van der Waals surface area contributed by atoms with Gasteiger partial charge in [-0.05, 0) is 17.7 Å². The topological polar surface area (TPSA) is 102 Å². The molecule has 9 heteroatoms. The highest BCUT2D eigenvalue weighted by atomic mass is 16.7. The zero-order valence-corrected chi connectivity index (χ0v) is 13.9. The van der Waals surface area contributed by atoms with Gasteiger partial charge in [0.1, 0.15) is 18.8 Å². The number of amides is 3. The number of hydrogen-bond donors (Lipinski definition) is 0. The summed E-state index contributed by atoms with van der Waals surface area (Å²) in [6.45, 7) is 0.115. The van der Waals surface area contributed by atoms with Crippen LogP contribution in [0.3, 0.4) is 0 Å². The van der Waals surface area contributed by atoms with Gasteiger partial charge in [-0.1, -0.05) is 12.1 Å². The van der Waals surface area contributed by atoms with Crippen LogP contribution < -0.4 is 4.74 Å². The summed E-state index contributed by atoms with van der Waals surface area (Å²) >= 11 is 0. The van der Waals surface area contributed by atoms with Gasteiger partial charge in [-0.3, -0.25) is 19.2 Å². The highest BCUT2D eigenvalue weighted by Crippen LogP contribution is 2.14. The molecule has 0 bridgehead atoms. The Kier molecular flexibility index (Phi) is 6.07. The van der Waals surface area contributed by atoms with Crippen molar-refractivity contribution < 1.29 is 33.6 Å². The van der Waals surface area contributed by atoms with E-state index in [2.05, 4.69) is 4.84 Å². The average molecular weight is 350 g/mol. The van der Waals surface area contributed by atoms with Crippen LogP contribution in [0.25, 0.3) is 0 Å². The maximum absolute atomic E-state index is 11.9. The lowest BCUT2D eigenvalue weighted by Crippen LogP contribution is -2.35. The molecule has 3 amide bonds. The minimum absolute atomic E-state index is 0.00899. The van der Waals surface area contributed by atoms with E-state index in [9.17, 15) is 19.2 Å². The van der Waals surface area contributed by atoms with Gasteiger partial charge in [0.25, 0.3) is 17.7 Å². The van der Waals surface area contributed by atoms with E-state index in [1.54, 1.807) is 31.4 Å².